The lowest BCUT2D eigenvalue weighted by Crippen LogP contribution is -2.14. The van der Waals surface area contributed by atoms with Crippen molar-refractivity contribution in [3.05, 3.63) is 106 Å². The van der Waals surface area contributed by atoms with Crippen LogP contribution in [0.2, 0.25) is 5.02 Å². The summed E-state index contributed by atoms with van der Waals surface area (Å²) in [5, 5.41) is 13.2. The Morgan fingerprint density at radius 2 is 1.94 bits per heavy atom. The second kappa shape index (κ2) is 12.6. The monoisotopic (exact) mass is 500 g/mol. The van der Waals surface area contributed by atoms with Crippen molar-refractivity contribution >= 4 is 29.3 Å². The first-order valence-corrected chi connectivity index (χ1v) is 12.0. The minimum absolute atomic E-state index is 0.0189. The molecular formula is C30H29ClN2O3. The Kier molecular flexibility index (Phi) is 9.32. The number of rotatable bonds is 10. The van der Waals surface area contributed by atoms with E-state index in [0.29, 0.717) is 47.4 Å². The Morgan fingerprint density at radius 1 is 1.14 bits per heavy atom. The molecule has 0 radical (unpaired) electrons. The lowest BCUT2D eigenvalue weighted by molar-refractivity contribution is -0.112. The number of benzene rings is 3. The predicted octanol–water partition coefficient (Wildman–Crippen LogP) is 7.21. The van der Waals surface area contributed by atoms with Crippen LogP contribution in [0.15, 0.2) is 72.8 Å². The van der Waals surface area contributed by atoms with Crippen molar-refractivity contribution in [2.75, 3.05) is 11.9 Å². The summed E-state index contributed by atoms with van der Waals surface area (Å²) in [7, 11) is 0. The molecule has 0 heterocycles. The Hall–Kier alpha value is -4.01. The number of hydrogen-bond donors (Lipinski definition) is 1. The number of carbonyl (C=O) groups is 1. The molecule has 6 heteroatoms. The average Bonchev–Trinajstić information content (AvgIpc) is 2.84. The summed E-state index contributed by atoms with van der Waals surface area (Å²) in [5.74, 6) is 0.637. The molecule has 0 aliphatic rings. The van der Waals surface area contributed by atoms with Crippen LogP contribution in [-0.2, 0) is 17.8 Å². The van der Waals surface area contributed by atoms with Crippen LogP contribution in [0.1, 0.15) is 34.7 Å². The highest BCUT2D eigenvalue weighted by molar-refractivity contribution is 6.30. The second-order valence-corrected chi connectivity index (χ2v) is 8.73. The summed E-state index contributed by atoms with van der Waals surface area (Å²) in [4.78, 5) is 12.9. The minimum atomic E-state index is -0.478. The summed E-state index contributed by atoms with van der Waals surface area (Å²) in [6, 6.07) is 18.8. The number of nitrogens with one attached hydrogen (secondary N) is 1. The van der Waals surface area contributed by atoms with Crippen LogP contribution in [-0.4, -0.2) is 12.5 Å². The van der Waals surface area contributed by atoms with Crippen molar-refractivity contribution in [3.8, 4) is 17.6 Å². The van der Waals surface area contributed by atoms with Gasteiger partial charge in [0.15, 0.2) is 11.5 Å². The van der Waals surface area contributed by atoms with E-state index in [9.17, 15) is 10.1 Å². The van der Waals surface area contributed by atoms with Crippen molar-refractivity contribution in [2.45, 2.75) is 33.8 Å². The van der Waals surface area contributed by atoms with Gasteiger partial charge in [0.2, 0.25) is 0 Å². The van der Waals surface area contributed by atoms with Crippen LogP contribution in [0.5, 0.6) is 11.5 Å². The third kappa shape index (κ3) is 7.00. The molecule has 0 aromatic heterocycles. The highest BCUT2D eigenvalue weighted by Crippen LogP contribution is 2.35. The van der Waals surface area contributed by atoms with Crippen molar-refractivity contribution in [1.29, 1.82) is 5.26 Å². The standard InChI is InChI=1S/C30H29ClN2O3/c1-5-8-24-14-23(15-25(18-32)30(34)33-27-12-11-20(3)13-21(27)4)17-28(35-6-2)29(24)36-19-22-9-7-10-26(31)16-22/h5,7,9-17H,1,6,8,19H2,2-4H3,(H,33,34)/b25-15+. The number of aryl methyl sites for hydroxylation is 2. The van der Waals surface area contributed by atoms with E-state index < -0.39 is 5.91 Å². The molecule has 0 unspecified atom stereocenters. The highest BCUT2D eigenvalue weighted by atomic mass is 35.5. The average molecular weight is 501 g/mol. The number of carbonyl (C=O) groups excluding carboxylic acids is 1. The predicted molar refractivity (Wildman–Crippen MR) is 145 cm³/mol. The first-order chi connectivity index (χ1) is 17.3. The molecule has 184 valence electrons. The number of allylic oxidation sites excluding steroid dienone is 1. The maximum atomic E-state index is 12.9. The zero-order valence-corrected chi connectivity index (χ0v) is 21.5. The smallest absolute Gasteiger partial charge is 0.266 e. The van der Waals surface area contributed by atoms with Crippen molar-refractivity contribution in [2.24, 2.45) is 0 Å². The van der Waals surface area contributed by atoms with E-state index in [1.54, 1.807) is 18.2 Å². The first kappa shape index (κ1) is 26.6. The molecule has 5 nitrogen and oxygen atoms in total. The molecule has 3 aromatic carbocycles. The zero-order chi connectivity index (χ0) is 26.1. The number of amides is 1. The SMILES string of the molecule is C=CCc1cc(/C=C(\C#N)C(=O)Nc2ccc(C)cc2C)cc(OCC)c1OCc1cccc(Cl)c1. The topological polar surface area (TPSA) is 71.4 Å². The third-order valence-electron chi connectivity index (χ3n) is 5.40. The van der Waals surface area contributed by atoms with Gasteiger partial charge in [0.05, 0.1) is 6.61 Å². The van der Waals surface area contributed by atoms with Crippen LogP contribution in [0, 0.1) is 25.2 Å². The van der Waals surface area contributed by atoms with Gasteiger partial charge in [-0.3, -0.25) is 4.79 Å². The number of anilines is 1. The molecule has 36 heavy (non-hydrogen) atoms. The fraction of sp³-hybridized carbons (Fsp3) is 0.200. The van der Waals surface area contributed by atoms with E-state index in [4.69, 9.17) is 21.1 Å². The van der Waals surface area contributed by atoms with E-state index in [1.807, 2.05) is 75.4 Å². The van der Waals surface area contributed by atoms with Gasteiger partial charge in [-0.15, -0.1) is 6.58 Å². The molecule has 0 atom stereocenters. The van der Waals surface area contributed by atoms with Gasteiger partial charge >= 0.3 is 0 Å². The van der Waals surface area contributed by atoms with Crippen LogP contribution in [0.4, 0.5) is 5.69 Å². The Balaban J connectivity index is 1.94. The van der Waals surface area contributed by atoms with E-state index in [-0.39, 0.29) is 5.57 Å². The number of ether oxygens (including phenoxy) is 2. The Bertz CT molecular complexity index is 1340. The number of halogens is 1. The zero-order valence-electron chi connectivity index (χ0n) is 20.7. The van der Waals surface area contributed by atoms with Gasteiger partial charge in [-0.05, 0) is 80.3 Å². The Labute approximate surface area is 217 Å². The van der Waals surface area contributed by atoms with Gasteiger partial charge in [0.25, 0.3) is 5.91 Å². The normalized spacial score (nSPS) is 10.9. The van der Waals surface area contributed by atoms with Crippen molar-refractivity contribution < 1.29 is 14.3 Å². The molecule has 3 rings (SSSR count). The van der Waals surface area contributed by atoms with E-state index in [1.165, 1.54) is 0 Å². The molecule has 0 aliphatic heterocycles. The second-order valence-electron chi connectivity index (χ2n) is 8.29. The maximum absolute atomic E-state index is 12.9. The van der Waals surface area contributed by atoms with E-state index in [2.05, 4.69) is 11.9 Å². The maximum Gasteiger partial charge on any atom is 0.266 e. The molecule has 0 aliphatic carbocycles. The summed E-state index contributed by atoms with van der Waals surface area (Å²) < 4.78 is 12.0. The highest BCUT2D eigenvalue weighted by Gasteiger charge is 2.16. The van der Waals surface area contributed by atoms with Crippen LogP contribution in [0.25, 0.3) is 6.08 Å². The summed E-state index contributed by atoms with van der Waals surface area (Å²) in [6.07, 6.45) is 3.83. The van der Waals surface area contributed by atoms with Crippen LogP contribution < -0.4 is 14.8 Å². The summed E-state index contributed by atoms with van der Waals surface area (Å²) >= 11 is 6.10. The number of hydrogen-bond acceptors (Lipinski definition) is 4. The summed E-state index contributed by atoms with van der Waals surface area (Å²) in [5.41, 5.74) is 5.07. The summed E-state index contributed by atoms with van der Waals surface area (Å²) in [6.45, 7) is 10.4. The quantitative estimate of drug-likeness (QED) is 0.181. The largest absolute Gasteiger partial charge is 0.490 e. The van der Waals surface area contributed by atoms with Gasteiger partial charge in [-0.1, -0.05) is 47.5 Å². The molecular weight excluding hydrogens is 472 g/mol. The molecule has 0 saturated heterocycles. The van der Waals surface area contributed by atoms with E-state index >= 15 is 0 Å². The van der Waals surface area contributed by atoms with Crippen molar-refractivity contribution in [1.82, 2.24) is 0 Å². The minimum Gasteiger partial charge on any atom is -0.490 e. The van der Waals surface area contributed by atoms with Gasteiger partial charge in [0.1, 0.15) is 18.2 Å². The lowest BCUT2D eigenvalue weighted by atomic mass is 10.0. The van der Waals surface area contributed by atoms with Gasteiger partial charge in [-0.25, -0.2) is 0 Å². The molecule has 1 N–H and O–H groups in total. The lowest BCUT2D eigenvalue weighted by Gasteiger charge is -2.17. The number of nitriles is 1. The van der Waals surface area contributed by atoms with Crippen molar-refractivity contribution in [3.63, 3.8) is 0 Å². The third-order valence-corrected chi connectivity index (χ3v) is 5.63. The number of nitrogens with zero attached hydrogens (tertiary/aromatic N) is 1. The molecule has 3 aromatic rings. The van der Waals surface area contributed by atoms with Gasteiger partial charge in [0, 0.05) is 16.3 Å². The van der Waals surface area contributed by atoms with Crippen LogP contribution in [0.3, 0.4) is 0 Å². The van der Waals surface area contributed by atoms with Gasteiger partial charge < -0.3 is 14.8 Å². The molecule has 0 spiro atoms. The van der Waals surface area contributed by atoms with E-state index in [0.717, 1.165) is 22.3 Å². The van der Waals surface area contributed by atoms with Gasteiger partial charge in [-0.2, -0.15) is 5.26 Å². The molecule has 0 saturated carbocycles. The fourth-order valence-electron chi connectivity index (χ4n) is 3.74. The first-order valence-electron chi connectivity index (χ1n) is 11.6. The van der Waals surface area contributed by atoms with Crippen LogP contribution >= 0.6 is 11.6 Å². The Morgan fingerprint density at radius 3 is 2.61 bits per heavy atom. The molecule has 0 fully saturated rings. The molecule has 1 amide bonds. The molecule has 0 bridgehead atoms. The fourth-order valence-corrected chi connectivity index (χ4v) is 3.95.